The molecule has 1 unspecified atom stereocenters. The summed E-state index contributed by atoms with van der Waals surface area (Å²) in [5, 5.41) is 10.8. The molecule has 2 nitrogen and oxygen atoms in total. The van der Waals surface area contributed by atoms with Gasteiger partial charge in [0.15, 0.2) is 0 Å². The summed E-state index contributed by atoms with van der Waals surface area (Å²) in [5.74, 6) is 0.512. The van der Waals surface area contributed by atoms with E-state index in [1.54, 1.807) is 0 Å². The van der Waals surface area contributed by atoms with Crippen molar-refractivity contribution in [2.45, 2.75) is 24.9 Å². The summed E-state index contributed by atoms with van der Waals surface area (Å²) in [5.41, 5.74) is 0.788. The molecular formula is C14H19NO. The highest BCUT2D eigenvalue weighted by molar-refractivity contribution is 5.18. The van der Waals surface area contributed by atoms with Crippen LogP contribution in [0, 0.1) is 5.92 Å². The number of piperidine rings is 3. The second-order valence-corrected chi connectivity index (χ2v) is 5.32. The highest BCUT2D eigenvalue weighted by atomic mass is 16.3. The van der Waals surface area contributed by atoms with E-state index in [1.165, 1.54) is 31.5 Å². The largest absolute Gasteiger partial charge is 0.388 e. The maximum atomic E-state index is 10.8. The van der Waals surface area contributed by atoms with Crippen molar-refractivity contribution in [1.82, 2.24) is 4.90 Å². The van der Waals surface area contributed by atoms with Crippen LogP contribution in [0.3, 0.4) is 0 Å². The summed E-state index contributed by atoms with van der Waals surface area (Å²) in [7, 11) is 0. The van der Waals surface area contributed by atoms with Gasteiger partial charge in [0.05, 0.1) is 5.60 Å². The number of rotatable bonds is 2. The first-order valence-electron chi connectivity index (χ1n) is 6.25. The fourth-order valence-corrected chi connectivity index (χ4v) is 3.29. The monoisotopic (exact) mass is 217 g/mol. The Bertz CT molecular complexity index is 356. The fraction of sp³-hybridized carbons (Fsp3) is 0.571. The fourth-order valence-electron chi connectivity index (χ4n) is 3.29. The molecule has 4 rings (SSSR count). The summed E-state index contributed by atoms with van der Waals surface area (Å²) in [6.45, 7) is 3.23. The van der Waals surface area contributed by atoms with Crippen molar-refractivity contribution >= 4 is 0 Å². The zero-order chi connectivity index (χ0) is 11.0. The molecule has 1 aromatic carbocycles. The molecule has 2 bridgehead atoms. The number of aliphatic hydroxyl groups is 1. The van der Waals surface area contributed by atoms with Gasteiger partial charge in [-0.25, -0.2) is 0 Å². The Labute approximate surface area is 96.9 Å². The molecule has 86 valence electrons. The molecule has 3 heterocycles. The van der Waals surface area contributed by atoms with Crippen LogP contribution in [0.5, 0.6) is 0 Å². The lowest BCUT2D eigenvalue weighted by atomic mass is 9.72. The molecule has 1 N–H and O–H groups in total. The van der Waals surface area contributed by atoms with Gasteiger partial charge in [-0.05, 0) is 37.4 Å². The van der Waals surface area contributed by atoms with E-state index in [2.05, 4.69) is 29.2 Å². The van der Waals surface area contributed by atoms with E-state index in [4.69, 9.17) is 0 Å². The molecule has 3 aliphatic heterocycles. The maximum absolute atomic E-state index is 10.8. The van der Waals surface area contributed by atoms with Crippen molar-refractivity contribution in [3.8, 4) is 0 Å². The Morgan fingerprint density at radius 3 is 2.44 bits per heavy atom. The molecule has 2 heteroatoms. The average molecular weight is 217 g/mol. The van der Waals surface area contributed by atoms with Gasteiger partial charge < -0.3 is 10.0 Å². The van der Waals surface area contributed by atoms with Crippen molar-refractivity contribution in [2.75, 3.05) is 19.6 Å². The van der Waals surface area contributed by atoms with Gasteiger partial charge in [-0.3, -0.25) is 0 Å². The van der Waals surface area contributed by atoms with Gasteiger partial charge in [0, 0.05) is 13.0 Å². The van der Waals surface area contributed by atoms with E-state index in [1.807, 2.05) is 6.07 Å². The predicted octanol–water partition coefficient (Wildman–Crippen LogP) is 1.69. The zero-order valence-corrected chi connectivity index (χ0v) is 9.60. The van der Waals surface area contributed by atoms with Gasteiger partial charge in [0.2, 0.25) is 0 Å². The third-order valence-electron chi connectivity index (χ3n) is 4.20. The van der Waals surface area contributed by atoms with Crippen LogP contribution < -0.4 is 0 Å². The lowest BCUT2D eigenvalue weighted by Gasteiger charge is -2.50. The second kappa shape index (κ2) is 3.86. The van der Waals surface area contributed by atoms with Gasteiger partial charge >= 0.3 is 0 Å². The molecule has 3 aliphatic rings. The summed E-state index contributed by atoms with van der Waals surface area (Å²) in [6, 6.07) is 10.4. The van der Waals surface area contributed by atoms with Crippen LogP contribution in [0.1, 0.15) is 18.4 Å². The van der Waals surface area contributed by atoms with Crippen molar-refractivity contribution in [2.24, 2.45) is 5.92 Å². The van der Waals surface area contributed by atoms with Gasteiger partial charge in [-0.15, -0.1) is 0 Å². The third kappa shape index (κ3) is 1.76. The molecule has 3 saturated heterocycles. The van der Waals surface area contributed by atoms with E-state index in [9.17, 15) is 5.11 Å². The SMILES string of the molecule is OC1(Cc2ccccc2)CN2CCC1CC2. The molecule has 3 fully saturated rings. The highest BCUT2D eigenvalue weighted by Crippen LogP contribution is 2.37. The molecule has 0 aromatic heterocycles. The Hall–Kier alpha value is -0.860. The summed E-state index contributed by atoms with van der Waals surface area (Å²) >= 11 is 0. The molecule has 0 saturated carbocycles. The molecule has 1 aromatic rings. The minimum absolute atomic E-state index is 0.474. The van der Waals surface area contributed by atoms with Gasteiger partial charge in [-0.2, -0.15) is 0 Å². The van der Waals surface area contributed by atoms with Gasteiger partial charge in [0.25, 0.3) is 0 Å². The van der Waals surface area contributed by atoms with Crippen LogP contribution in [-0.2, 0) is 6.42 Å². The molecule has 0 radical (unpaired) electrons. The first-order chi connectivity index (χ1) is 7.76. The van der Waals surface area contributed by atoms with E-state index < -0.39 is 5.60 Å². The number of hydrogen-bond acceptors (Lipinski definition) is 2. The first kappa shape index (κ1) is 10.3. The molecule has 0 spiro atoms. The van der Waals surface area contributed by atoms with E-state index >= 15 is 0 Å². The molecule has 0 amide bonds. The van der Waals surface area contributed by atoms with Crippen molar-refractivity contribution in [3.05, 3.63) is 35.9 Å². The Balaban J connectivity index is 1.79. The third-order valence-corrected chi connectivity index (χ3v) is 4.20. The smallest absolute Gasteiger partial charge is 0.0843 e. The van der Waals surface area contributed by atoms with Gasteiger partial charge in [0.1, 0.15) is 0 Å². The Morgan fingerprint density at radius 1 is 1.19 bits per heavy atom. The number of fused-ring (bicyclic) bond motifs is 3. The van der Waals surface area contributed by atoms with Crippen LogP contribution in [0.4, 0.5) is 0 Å². The van der Waals surface area contributed by atoms with Crippen molar-refractivity contribution < 1.29 is 5.11 Å². The van der Waals surface area contributed by atoms with E-state index in [0.29, 0.717) is 5.92 Å². The molecule has 0 aliphatic carbocycles. The standard InChI is InChI=1S/C14H19NO/c16-14(10-12-4-2-1-3-5-12)11-15-8-6-13(14)7-9-15/h1-5,13,16H,6-11H2. The average Bonchev–Trinajstić information content (AvgIpc) is 2.31. The lowest BCUT2D eigenvalue weighted by Crippen LogP contribution is -2.60. The number of benzene rings is 1. The number of hydrogen-bond donors (Lipinski definition) is 1. The van der Waals surface area contributed by atoms with Crippen molar-refractivity contribution in [3.63, 3.8) is 0 Å². The van der Waals surface area contributed by atoms with Crippen LogP contribution in [0.15, 0.2) is 30.3 Å². The first-order valence-corrected chi connectivity index (χ1v) is 6.25. The van der Waals surface area contributed by atoms with Crippen LogP contribution in [0.2, 0.25) is 0 Å². The minimum atomic E-state index is -0.474. The zero-order valence-electron chi connectivity index (χ0n) is 9.60. The normalized spacial score (nSPS) is 37.6. The number of nitrogens with zero attached hydrogens (tertiary/aromatic N) is 1. The lowest BCUT2D eigenvalue weighted by molar-refractivity contribution is -0.110. The summed E-state index contributed by atoms with van der Waals surface area (Å²) < 4.78 is 0. The maximum Gasteiger partial charge on any atom is 0.0843 e. The second-order valence-electron chi connectivity index (χ2n) is 5.32. The highest BCUT2D eigenvalue weighted by Gasteiger charge is 2.44. The van der Waals surface area contributed by atoms with Crippen LogP contribution in [-0.4, -0.2) is 35.2 Å². The van der Waals surface area contributed by atoms with Crippen molar-refractivity contribution in [1.29, 1.82) is 0 Å². The summed E-state index contributed by atoms with van der Waals surface area (Å²) in [4.78, 5) is 2.41. The molecule has 1 atom stereocenters. The van der Waals surface area contributed by atoms with E-state index in [0.717, 1.165) is 13.0 Å². The quantitative estimate of drug-likeness (QED) is 0.815. The van der Waals surface area contributed by atoms with E-state index in [-0.39, 0.29) is 0 Å². The Morgan fingerprint density at radius 2 is 1.88 bits per heavy atom. The Kier molecular flexibility index (Phi) is 2.49. The molecule has 16 heavy (non-hydrogen) atoms. The van der Waals surface area contributed by atoms with Gasteiger partial charge in [-0.1, -0.05) is 30.3 Å². The minimum Gasteiger partial charge on any atom is -0.388 e. The van der Waals surface area contributed by atoms with Crippen LogP contribution in [0.25, 0.3) is 0 Å². The molecular weight excluding hydrogens is 198 g/mol. The topological polar surface area (TPSA) is 23.5 Å². The van der Waals surface area contributed by atoms with Crippen LogP contribution >= 0.6 is 0 Å². The summed E-state index contributed by atoms with van der Waals surface area (Å²) in [6.07, 6.45) is 3.15. The predicted molar refractivity (Wildman–Crippen MR) is 64.3 cm³/mol.